The Morgan fingerprint density at radius 2 is 1.89 bits per heavy atom. The topological polar surface area (TPSA) is 15.3 Å². The Kier molecular flexibility index (Phi) is 5.29. The fourth-order valence-corrected chi connectivity index (χ4v) is 4.60. The zero-order valence-corrected chi connectivity index (χ0v) is 13.8. The van der Waals surface area contributed by atoms with Crippen molar-refractivity contribution in [3.63, 3.8) is 0 Å². The van der Waals surface area contributed by atoms with Gasteiger partial charge in [0.05, 0.1) is 11.1 Å². The summed E-state index contributed by atoms with van der Waals surface area (Å²) in [7, 11) is 2.04. The molecule has 1 aromatic rings. The van der Waals surface area contributed by atoms with Gasteiger partial charge in [0.15, 0.2) is 0 Å². The summed E-state index contributed by atoms with van der Waals surface area (Å²) in [6.45, 7) is 7.09. The molecule has 108 valence electrons. The van der Waals surface area contributed by atoms with Crippen molar-refractivity contribution in [3.05, 3.63) is 21.3 Å². The smallest absolute Gasteiger partial charge is 0.0609 e. The lowest BCUT2D eigenvalue weighted by atomic mass is 9.90. The van der Waals surface area contributed by atoms with Crippen molar-refractivity contribution in [2.75, 3.05) is 20.1 Å². The van der Waals surface area contributed by atoms with Crippen LogP contribution in [-0.4, -0.2) is 30.6 Å². The molecule has 1 aliphatic rings. The van der Waals surface area contributed by atoms with Crippen LogP contribution in [0.15, 0.2) is 11.4 Å². The lowest BCUT2D eigenvalue weighted by Crippen LogP contribution is -2.52. The van der Waals surface area contributed by atoms with Crippen molar-refractivity contribution in [2.45, 2.75) is 51.1 Å². The van der Waals surface area contributed by atoms with Gasteiger partial charge in [-0.3, -0.25) is 4.90 Å². The average Bonchev–Trinajstić information content (AvgIpc) is 2.66. The van der Waals surface area contributed by atoms with Gasteiger partial charge >= 0.3 is 0 Å². The maximum absolute atomic E-state index is 6.34. The molecule has 1 aromatic heterocycles. The molecule has 4 heteroatoms. The molecule has 1 saturated heterocycles. The zero-order chi connectivity index (χ0) is 13.9. The molecule has 2 heterocycles. The lowest BCUT2D eigenvalue weighted by molar-refractivity contribution is 0.0877. The van der Waals surface area contributed by atoms with Gasteiger partial charge in [-0.25, -0.2) is 0 Å². The Morgan fingerprint density at radius 1 is 1.26 bits per heavy atom. The minimum Gasteiger partial charge on any atom is -0.311 e. The third-order valence-corrected chi connectivity index (χ3v) is 5.75. The SMILES string of the molecule is CNC(c1sccc1Cl)C(C)(C)N1CCCCCC1. The van der Waals surface area contributed by atoms with Crippen LogP contribution in [0.2, 0.25) is 5.02 Å². The standard InChI is InChI=1S/C15H25ClN2S/c1-15(2,18-9-6-4-5-7-10-18)14(17-3)13-12(16)8-11-19-13/h8,11,14,17H,4-7,9-10H2,1-3H3. The number of hydrogen-bond donors (Lipinski definition) is 1. The van der Waals surface area contributed by atoms with Crippen molar-refractivity contribution in [1.82, 2.24) is 10.2 Å². The Hall–Kier alpha value is -0.0900. The lowest BCUT2D eigenvalue weighted by Gasteiger charge is -2.43. The van der Waals surface area contributed by atoms with E-state index in [0.717, 1.165) is 5.02 Å². The summed E-state index contributed by atoms with van der Waals surface area (Å²) in [6, 6.07) is 2.29. The quantitative estimate of drug-likeness (QED) is 0.891. The largest absolute Gasteiger partial charge is 0.311 e. The highest BCUT2D eigenvalue weighted by molar-refractivity contribution is 7.10. The van der Waals surface area contributed by atoms with Gasteiger partial charge in [0.25, 0.3) is 0 Å². The second kappa shape index (κ2) is 6.57. The maximum Gasteiger partial charge on any atom is 0.0609 e. The van der Waals surface area contributed by atoms with Crippen LogP contribution in [0, 0.1) is 0 Å². The number of likely N-dealkylation sites (tertiary alicyclic amines) is 1. The number of likely N-dealkylation sites (N-methyl/N-ethyl adjacent to an activating group) is 1. The molecule has 19 heavy (non-hydrogen) atoms. The number of rotatable bonds is 4. The molecule has 0 radical (unpaired) electrons. The monoisotopic (exact) mass is 300 g/mol. The molecule has 1 fully saturated rings. The maximum atomic E-state index is 6.34. The minimum atomic E-state index is 0.0909. The second-order valence-corrected chi connectivity index (χ2v) is 7.26. The second-order valence-electron chi connectivity index (χ2n) is 5.91. The summed E-state index contributed by atoms with van der Waals surface area (Å²) in [5.74, 6) is 0. The molecule has 1 aliphatic heterocycles. The average molecular weight is 301 g/mol. The van der Waals surface area contributed by atoms with Crippen molar-refractivity contribution < 1.29 is 0 Å². The number of nitrogens with one attached hydrogen (secondary N) is 1. The van der Waals surface area contributed by atoms with Gasteiger partial charge in [-0.2, -0.15) is 0 Å². The Labute approximate surface area is 126 Å². The highest BCUT2D eigenvalue weighted by atomic mass is 35.5. The van der Waals surface area contributed by atoms with E-state index >= 15 is 0 Å². The molecule has 1 unspecified atom stereocenters. The zero-order valence-electron chi connectivity index (χ0n) is 12.2. The van der Waals surface area contributed by atoms with E-state index in [1.165, 1.54) is 43.6 Å². The molecule has 0 aliphatic carbocycles. The molecule has 2 rings (SSSR count). The van der Waals surface area contributed by atoms with Gasteiger partial charge in [-0.1, -0.05) is 24.4 Å². The Balaban J connectivity index is 2.22. The van der Waals surface area contributed by atoms with Crippen LogP contribution in [0.4, 0.5) is 0 Å². The summed E-state index contributed by atoms with van der Waals surface area (Å²) in [4.78, 5) is 3.90. The van der Waals surface area contributed by atoms with Crippen molar-refractivity contribution >= 4 is 22.9 Å². The van der Waals surface area contributed by atoms with Crippen LogP contribution in [0.25, 0.3) is 0 Å². The van der Waals surface area contributed by atoms with E-state index in [1.807, 2.05) is 13.1 Å². The van der Waals surface area contributed by atoms with E-state index in [9.17, 15) is 0 Å². The molecule has 0 spiro atoms. The Morgan fingerprint density at radius 3 is 2.37 bits per heavy atom. The van der Waals surface area contributed by atoms with Crippen LogP contribution in [0.3, 0.4) is 0 Å². The summed E-state index contributed by atoms with van der Waals surface area (Å²) in [6.07, 6.45) is 5.38. The predicted molar refractivity (Wildman–Crippen MR) is 85.2 cm³/mol. The highest BCUT2D eigenvalue weighted by Gasteiger charge is 2.37. The van der Waals surface area contributed by atoms with E-state index in [1.54, 1.807) is 11.3 Å². The van der Waals surface area contributed by atoms with E-state index in [-0.39, 0.29) is 11.6 Å². The molecule has 1 atom stereocenters. The third-order valence-electron chi connectivity index (χ3n) is 4.32. The van der Waals surface area contributed by atoms with Gasteiger partial charge in [-0.05, 0) is 58.3 Å². The minimum absolute atomic E-state index is 0.0909. The van der Waals surface area contributed by atoms with Gasteiger partial charge in [0.2, 0.25) is 0 Å². The van der Waals surface area contributed by atoms with Crippen molar-refractivity contribution in [1.29, 1.82) is 0 Å². The van der Waals surface area contributed by atoms with Gasteiger partial charge in [-0.15, -0.1) is 11.3 Å². The summed E-state index contributed by atoms with van der Waals surface area (Å²) in [5.41, 5.74) is 0.0909. The number of hydrogen-bond acceptors (Lipinski definition) is 3. The van der Waals surface area contributed by atoms with Gasteiger partial charge in [0.1, 0.15) is 0 Å². The van der Waals surface area contributed by atoms with Crippen molar-refractivity contribution in [2.24, 2.45) is 0 Å². The van der Waals surface area contributed by atoms with Gasteiger partial charge in [0, 0.05) is 10.4 Å². The summed E-state index contributed by atoms with van der Waals surface area (Å²) in [5, 5.41) is 6.47. The molecular formula is C15H25ClN2S. The van der Waals surface area contributed by atoms with E-state index in [0.29, 0.717) is 0 Å². The summed E-state index contributed by atoms with van der Waals surface area (Å²) >= 11 is 8.10. The molecule has 1 N–H and O–H groups in total. The van der Waals surface area contributed by atoms with Crippen LogP contribution >= 0.6 is 22.9 Å². The Bertz CT molecular complexity index is 395. The van der Waals surface area contributed by atoms with E-state index in [4.69, 9.17) is 11.6 Å². The molecule has 0 bridgehead atoms. The fourth-order valence-electron chi connectivity index (χ4n) is 3.15. The first-order valence-corrected chi connectivity index (χ1v) is 8.48. The molecule has 0 amide bonds. The first-order chi connectivity index (χ1) is 9.07. The van der Waals surface area contributed by atoms with E-state index < -0.39 is 0 Å². The molecule has 2 nitrogen and oxygen atoms in total. The first-order valence-electron chi connectivity index (χ1n) is 7.22. The summed E-state index contributed by atoms with van der Waals surface area (Å²) < 4.78 is 0. The number of nitrogens with zero attached hydrogens (tertiary/aromatic N) is 1. The molecule has 0 aromatic carbocycles. The normalized spacial score (nSPS) is 20.2. The predicted octanol–water partition coefficient (Wildman–Crippen LogP) is 4.32. The van der Waals surface area contributed by atoms with Crippen LogP contribution in [-0.2, 0) is 0 Å². The van der Waals surface area contributed by atoms with Crippen LogP contribution in [0.5, 0.6) is 0 Å². The molecule has 0 saturated carbocycles. The third kappa shape index (κ3) is 3.33. The van der Waals surface area contributed by atoms with Crippen LogP contribution in [0.1, 0.15) is 50.4 Å². The molecular weight excluding hydrogens is 276 g/mol. The first kappa shape index (κ1) is 15.3. The number of halogens is 1. The number of thiophene rings is 1. The highest BCUT2D eigenvalue weighted by Crippen LogP contribution is 2.38. The fraction of sp³-hybridized carbons (Fsp3) is 0.733. The van der Waals surface area contributed by atoms with Gasteiger partial charge < -0.3 is 5.32 Å². The van der Waals surface area contributed by atoms with Crippen molar-refractivity contribution in [3.8, 4) is 0 Å². The van der Waals surface area contributed by atoms with Crippen LogP contribution < -0.4 is 5.32 Å². The van der Waals surface area contributed by atoms with E-state index in [2.05, 4.69) is 29.4 Å².